The van der Waals surface area contributed by atoms with Crippen molar-refractivity contribution >= 4 is 22.1 Å². The average Bonchev–Trinajstić information content (AvgIpc) is 4.22. The molecule has 0 saturated heterocycles. The molecule has 8 aromatic carbocycles. The Morgan fingerprint density at radius 3 is 1.38 bits per heavy atom. The van der Waals surface area contributed by atoms with Crippen LogP contribution in [0.4, 0.5) is 4.39 Å². The number of phenolic OH excluding ortho intramolecular Hbond substituents is 1. The zero-order valence-electron chi connectivity index (χ0n) is 50.6. The maximum absolute atomic E-state index is 15.5. The summed E-state index contributed by atoms with van der Waals surface area (Å²) in [4.78, 5) is 11.3. The van der Waals surface area contributed by atoms with E-state index in [1.807, 2.05) is 6.07 Å². The molecule has 2 aromatic heterocycles. The summed E-state index contributed by atoms with van der Waals surface area (Å²) in [6.45, 7) is 38.1. The Kier molecular flexibility index (Phi) is 16.0. The van der Waals surface area contributed by atoms with Crippen LogP contribution < -0.4 is 0 Å². The maximum Gasteiger partial charge on any atom is 0.148 e. The van der Waals surface area contributed by atoms with Crippen molar-refractivity contribution in [2.75, 3.05) is 0 Å². The maximum atomic E-state index is 15.5. The van der Waals surface area contributed by atoms with E-state index in [1.54, 1.807) is 12.1 Å². The molecule has 0 aliphatic carbocycles. The Balaban J connectivity index is 0.00000792. The molecule has 10 rings (SSSR count). The first kappa shape index (κ1) is 58.8. The first-order valence-corrected chi connectivity index (χ1v) is 28.8. The fraction of sp³-hybridized carbons (Fsp3) is 0.324. The number of hydrogen-bond acceptors (Lipinski definition) is 3. The van der Waals surface area contributed by atoms with Gasteiger partial charge >= 0.3 is 0 Å². The molecule has 10 aromatic rings. The molecule has 2 heterocycles. The molecule has 0 bridgehead atoms. The van der Waals surface area contributed by atoms with Gasteiger partial charge in [0.1, 0.15) is 17.4 Å². The summed E-state index contributed by atoms with van der Waals surface area (Å²) in [6.07, 6.45) is 0. The van der Waals surface area contributed by atoms with Gasteiger partial charge in [0.05, 0.1) is 39.1 Å². The minimum Gasteiger partial charge on any atom is -0.507 e. The van der Waals surface area contributed by atoms with Gasteiger partial charge in [-0.25, -0.2) is 9.37 Å². The van der Waals surface area contributed by atoms with Crippen LogP contribution in [0.25, 0.3) is 89.6 Å². The van der Waals surface area contributed by atoms with Crippen molar-refractivity contribution in [3.63, 3.8) is 0 Å². The second-order valence-electron chi connectivity index (χ2n) is 26.6. The van der Waals surface area contributed by atoms with Crippen molar-refractivity contribution in [1.82, 2.24) is 19.1 Å². The van der Waals surface area contributed by atoms with Gasteiger partial charge in [-0.3, -0.25) is 9.55 Å². The van der Waals surface area contributed by atoms with E-state index >= 15 is 4.39 Å². The Morgan fingerprint density at radius 1 is 0.444 bits per heavy atom. The summed E-state index contributed by atoms with van der Waals surface area (Å²) < 4.78 is 20.1. The van der Waals surface area contributed by atoms with Crippen molar-refractivity contribution in [2.45, 2.75) is 158 Å². The molecule has 0 amide bonds. The van der Waals surface area contributed by atoms with Crippen molar-refractivity contribution in [3.05, 3.63) is 196 Å². The molecule has 7 heteroatoms. The first-order valence-electron chi connectivity index (χ1n) is 28.8. The fourth-order valence-electron chi connectivity index (χ4n) is 11.5. The van der Waals surface area contributed by atoms with E-state index in [2.05, 4.69) is 260 Å². The van der Waals surface area contributed by atoms with Crippen molar-refractivity contribution in [3.8, 4) is 73.3 Å². The van der Waals surface area contributed by atoms with Crippen molar-refractivity contribution in [2.24, 2.45) is 0 Å². The fourth-order valence-corrected chi connectivity index (χ4v) is 11.5. The number of halogens is 1. The first-order chi connectivity index (χ1) is 37.7. The third-order valence-corrected chi connectivity index (χ3v) is 16.1. The van der Waals surface area contributed by atoms with Crippen LogP contribution >= 0.6 is 0 Å². The van der Waals surface area contributed by atoms with E-state index in [4.69, 9.17) is 9.97 Å². The minimum atomic E-state index is -0.373. The molecule has 0 spiro atoms. The normalized spacial score (nSPS) is 12.5. The number of hydrogen-bond donors (Lipinski definition) is 1. The second-order valence-corrected chi connectivity index (χ2v) is 26.6. The number of benzene rings is 8. The predicted octanol–water partition coefficient (Wildman–Crippen LogP) is 20.7. The van der Waals surface area contributed by atoms with E-state index in [-0.39, 0.29) is 72.5 Å². The van der Waals surface area contributed by atoms with E-state index in [0.29, 0.717) is 22.7 Å². The molecule has 5 nitrogen and oxygen atoms in total. The van der Waals surface area contributed by atoms with Gasteiger partial charge in [0.25, 0.3) is 0 Å². The number of fused-ring (bicyclic) bond motifs is 2. The number of aromatic nitrogens is 4. The molecule has 81 heavy (non-hydrogen) atoms. The summed E-state index contributed by atoms with van der Waals surface area (Å²) in [5.41, 5.74) is 20.1. The van der Waals surface area contributed by atoms with Gasteiger partial charge in [-0.05, 0) is 139 Å². The number of para-hydroxylation sites is 1. The summed E-state index contributed by atoms with van der Waals surface area (Å²) in [5, 5.41) is 12.9. The van der Waals surface area contributed by atoms with E-state index in [0.717, 1.165) is 72.4 Å². The zero-order valence-corrected chi connectivity index (χ0v) is 52.9. The Labute approximate surface area is 496 Å². The van der Waals surface area contributed by atoms with E-state index < -0.39 is 0 Å². The van der Waals surface area contributed by atoms with Gasteiger partial charge < -0.3 is 9.67 Å². The van der Waals surface area contributed by atoms with E-state index in [9.17, 15) is 5.11 Å². The number of phenols is 1. The molecular formula is C74H80FN4OPt-. The summed E-state index contributed by atoms with van der Waals surface area (Å²) in [7, 11) is 0. The topological polar surface area (TPSA) is 55.9 Å². The van der Waals surface area contributed by atoms with Crippen LogP contribution in [0.5, 0.6) is 5.75 Å². The van der Waals surface area contributed by atoms with Crippen LogP contribution in [-0.2, 0) is 37.3 Å². The quantitative estimate of drug-likeness (QED) is 0.131. The molecule has 0 aliphatic heterocycles. The van der Waals surface area contributed by atoms with Gasteiger partial charge in [0.2, 0.25) is 0 Å². The van der Waals surface area contributed by atoms with Gasteiger partial charge in [-0.15, -0.1) is 29.3 Å². The van der Waals surface area contributed by atoms with Crippen LogP contribution in [0.3, 0.4) is 0 Å². The SMILES string of the molecule is CC(C)c1cc(-c2ccccc2)cc(C(C)C)c1-n1c(-c2[c-]c(-c3cccc4c3nc(-c3cc(C(C)(C)C)cc(C(C)(C)C)c3O)n4-c3c(C(C)C)cc(-c4ccccc4)cc3C(C)C)cc(C(C)(C)C)c2)nc2cc(F)ccc21.[Pt]. The van der Waals surface area contributed by atoms with Crippen LogP contribution in [0, 0.1) is 11.9 Å². The molecule has 0 radical (unpaired) electrons. The van der Waals surface area contributed by atoms with E-state index in [1.165, 1.54) is 33.4 Å². The molecule has 0 unspecified atom stereocenters. The third-order valence-electron chi connectivity index (χ3n) is 16.1. The van der Waals surface area contributed by atoms with Gasteiger partial charge in [-0.1, -0.05) is 208 Å². The standard InChI is InChI=1S/C74H80FN4O.Pt/c1-43(2)57-36-49(47-25-20-18-21-26-47)37-58(44(3)4)67(57)78-64-32-31-55(75)42-63(64)76-70(78)52-33-51(34-53(35-52)72(9,10)11)56-29-24-30-65-66(56)77-71(61-40-54(73(12,13)14)41-62(69(61)80)74(15,16)17)79(65)68-59(45(5)6)38-50(39-60(68)46(7)8)48-27-22-19-23-28-48;/h18-32,34-46,80H,1-17H3;/q-1;. The van der Waals surface area contributed by atoms with Gasteiger partial charge in [-0.2, -0.15) is 0 Å². The smallest absolute Gasteiger partial charge is 0.148 e. The number of imidazole rings is 2. The molecule has 0 atom stereocenters. The Morgan fingerprint density at radius 2 is 0.914 bits per heavy atom. The van der Waals surface area contributed by atoms with Gasteiger partial charge in [0.15, 0.2) is 0 Å². The molecule has 0 aliphatic rings. The molecule has 0 fully saturated rings. The molecule has 0 saturated carbocycles. The monoisotopic (exact) mass is 1250 g/mol. The molecule has 420 valence electrons. The average molecular weight is 1260 g/mol. The van der Waals surface area contributed by atoms with Crippen molar-refractivity contribution in [1.29, 1.82) is 0 Å². The Hall–Kier alpha value is -6.88. The van der Waals surface area contributed by atoms with Crippen molar-refractivity contribution < 1.29 is 30.6 Å². The minimum absolute atomic E-state index is 0. The van der Waals surface area contributed by atoms with Gasteiger partial charge in [0, 0.05) is 38.4 Å². The van der Waals surface area contributed by atoms with Crippen LogP contribution in [0.1, 0.15) is 180 Å². The number of nitrogens with zero attached hydrogens (tertiary/aromatic N) is 4. The third kappa shape index (κ3) is 11.2. The second kappa shape index (κ2) is 22.1. The summed E-state index contributed by atoms with van der Waals surface area (Å²) >= 11 is 0. The summed E-state index contributed by atoms with van der Waals surface area (Å²) in [6, 6.07) is 55.0. The Bertz CT molecular complexity index is 3910. The zero-order chi connectivity index (χ0) is 57.5. The number of aromatic hydroxyl groups is 1. The predicted molar refractivity (Wildman–Crippen MR) is 336 cm³/mol. The largest absolute Gasteiger partial charge is 0.507 e. The van der Waals surface area contributed by atoms with Crippen LogP contribution in [0.15, 0.2) is 146 Å². The number of rotatable bonds is 11. The molecule has 1 N–H and O–H groups in total. The van der Waals surface area contributed by atoms with Crippen LogP contribution in [0.2, 0.25) is 0 Å². The molecular weight excluding hydrogens is 1170 g/mol. The van der Waals surface area contributed by atoms with Crippen LogP contribution in [-0.4, -0.2) is 24.2 Å². The summed E-state index contributed by atoms with van der Waals surface area (Å²) in [5.74, 6) is 1.81.